The fourth-order valence-electron chi connectivity index (χ4n) is 8.18. The first-order chi connectivity index (χ1) is 21.1. The van der Waals surface area contributed by atoms with Crippen LogP contribution < -0.4 is 0 Å². The fourth-order valence-corrected chi connectivity index (χ4v) is 8.18. The van der Waals surface area contributed by atoms with E-state index in [0.717, 1.165) is 0 Å². The number of hydrogen-bond acceptors (Lipinski definition) is 0. The Balaban J connectivity index is 1.35. The van der Waals surface area contributed by atoms with E-state index in [1.165, 1.54) is 72.7 Å². The van der Waals surface area contributed by atoms with Crippen molar-refractivity contribution in [1.82, 2.24) is 9.55 Å². The number of fused-ring (bicyclic) bond motifs is 10. The van der Waals surface area contributed by atoms with Gasteiger partial charge in [0.15, 0.2) is 0 Å². The van der Waals surface area contributed by atoms with Crippen LogP contribution in [0.1, 0.15) is 75.6 Å². The van der Waals surface area contributed by atoms with Crippen molar-refractivity contribution in [2.24, 2.45) is 10.8 Å². The van der Waals surface area contributed by atoms with Crippen LogP contribution in [0, 0.1) is 10.8 Å². The first-order valence-corrected chi connectivity index (χ1v) is 15.9. The molecule has 218 valence electrons. The van der Waals surface area contributed by atoms with Crippen molar-refractivity contribution in [3.8, 4) is 50.5 Å². The van der Waals surface area contributed by atoms with E-state index < -0.39 is 0 Å². The number of nitrogens with one attached hydrogen (secondary N) is 1. The number of hydrogen-bond donors (Lipinski definition) is 1. The highest BCUT2D eigenvalue weighted by Gasteiger charge is 2.36. The lowest BCUT2D eigenvalue weighted by Gasteiger charge is -2.33. The molecule has 2 atom stereocenters. The minimum absolute atomic E-state index is 0.0573. The van der Waals surface area contributed by atoms with E-state index in [2.05, 4.69) is 167 Å². The van der Waals surface area contributed by atoms with Crippen molar-refractivity contribution in [1.29, 1.82) is 0 Å². The van der Waals surface area contributed by atoms with E-state index >= 15 is 0 Å². The standard InChI is InChI=1S/C42H40N2/c1-41(2,3)38-30-14-9-10-15-32(30)40-33(21-22-43-40)35-24-26(17-19-31(35)38)27-18-20-34-37(25-27)44-23-11-16-36(44)28-12-7-8-13-29(28)39(34)42(4,5)6/h7-25,38-39,43H,1-6H3. The van der Waals surface area contributed by atoms with Crippen molar-refractivity contribution in [3.05, 3.63) is 138 Å². The Labute approximate surface area is 261 Å². The minimum Gasteiger partial charge on any atom is -0.361 e. The zero-order valence-corrected chi connectivity index (χ0v) is 26.6. The van der Waals surface area contributed by atoms with Crippen molar-refractivity contribution in [2.75, 3.05) is 0 Å². The van der Waals surface area contributed by atoms with Gasteiger partial charge in [0.25, 0.3) is 0 Å². The fraction of sp³-hybridized carbons (Fsp3) is 0.238. The lowest BCUT2D eigenvalue weighted by molar-refractivity contribution is 0.359. The van der Waals surface area contributed by atoms with Gasteiger partial charge in [-0.25, -0.2) is 0 Å². The summed E-state index contributed by atoms with van der Waals surface area (Å²) in [5.41, 5.74) is 17.2. The third kappa shape index (κ3) is 4.00. The number of rotatable bonds is 1. The van der Waals surface area contributed by atoms with E-state index in [0.29, 0.717) is 0 Å². The molecule has 0 radical (unpaired) electrons. The molecule has 2 heteroatoms. The summed E-state index contributed by atoms with van der Waals surface area (Å²) in [5, 5.41) is 0. The third-order valence-corrected chi connectivity index (χ3v) is 9.91. The Morgan fingerprint density at radius 1 is 0.523 bits per heavy atom. The topological polar surface area (TPSA) is 20.7 Å². The average Bonchev–Trinajstić information content (AvgIpc) is 3.63. The number of aromatic amines is 1. The second kappa shape index (κ2) is 9.47. The Morgan fingerprint density at radius 3 is 1.84 bits per heavy atom. The lowest BCUT2D eigenvalue weighted by Crippen LogP contribution is -2.20. The van der Waals surface area contributed by atoms with Gasteiger partial charge in [-0.15, -0.1) is 0 Å². The predicted molar refractivity (Wildman–Crippen MR) is 184 cm³/mol. The van der Waals surface area contributed by atoms with Gasteiger partial charge in [0.2, 0.25) is 0 Å². The molecule has 4 aromatic carbocycles. The van der Waals surface area contributed by atoms with E-state index in [9.17, 15) is 0 Å². The van der Waals surface area contributed by atoms with Crippen LogP contribution in [0.3, 0.4) is 0 Å². The van der Waals surface area contributed by atoms with Crippen molar-refractivity contribution in [3.63, 3.8) is 0 Å². The molecule has 2 nitrogen and oxygen atoms in total. The summed E-state index contributed by atoms with van der Waals surface area (Å²) in [6.07, 6.45) is 4.32. The smallest absolute Gasteiger partial charge is 0.0536 e. The summed E-state index contributed by atoms with van der Waals surface area (Å²) >= 11 is 0. The van der Waals surface area contributed by atoms with Crippen LogP contribution in [0.4, 0.5) is 0 Å². The summed E-state index contributed by atoms with van der Waals surface area (Å²) in [6, 6.07) is 39.0. The van der Waals surface area contributed by atoms with Gasteiger partial charge >= 0.3 is 0 Å². The van der Waals surface area contributed by atoms with Crippen LogP contribution in [0.5, 0.6) is 0 Å². The molecule has 1 N–H and O–H groups in total. The summed E-state index contributed by atoms with van der Waals surface area (Å²) in [5.74, 6) is 0.562. The first-order valence-electron chi connectivity index (χ1n) is 15.9. The zero-order chi connectivity index (χ0) is 30.4. The molecule has 3 heterocycles. The molecule has 0 bridgehead atoms. The summed E-state index contributed by atoms with van der Waals surface area (Å²) in [6.45, 7) is 14.2. The molecule has 0 amide bonds. The summed E-state index contributed by atoms with van der Waals surface area (Å²) in [7, 11) is 0. The second-order valence-corrected chi connectivity index (χ2v) is 14.9. The number of aromatic nitrogens is 2. The number of nitrogens with zero attached hydrogens (tertiary/aromatic N) is 1. The van der Waals surface area contributed by atoms with Crippen molar-refractivity contribution < 1.29 is 0 Å². The molecule has 2 aliphatic rings. The molecule has 44 heavy (non-hydrogen) atoms. The molecule has 2 aromatic heterocycles. The van der Waals surface area contributed by atoms with Crippen molar-refractivity contribution >= 4 is 0 Å². The van der Waals surface area contributed by atoms with Gasteiger partial charge in [0, 0.05) is 46.6 Å². The Hall–Kier alpha value is -4.56. The largest absolute Gasteiger partial charge is 0.361 e. The number of H-pyrrole nitrogens is 1. The van der Waals surface area contributed by atoms with E-state index in [-0.39, 0.29) is 22.7 Å². The summed E-state index contributed by atoms with van der Waals surface area (Å²) in [4.78, 5) is 3.61. The van der Waals surface area contributed by atoms with Gasteiger partial charge in [0.05, 0.1) is 11.4 Å². The SMILES string of the molecule is CC(C)(C)C1c2ccc(-c3ccc4c(c3)-n3cccc3-c3ccccc3C4C(C)(C)C)cc2-c2cc[nH]c2-c2ccccc21. The van der Waals surface area contributed by atoms with Crippen LogP contribution in [-0.4, -0.2) is 9.55 Å². The second-order valence-electron chi connectivity index (χ2n) is 14.9. The Kier molecular flexibility index (Phi) is 5.81. The maximum absolute atomic E-state index is 3.61. The van der Waals surface area contributed by atoms with Gasteiger partial charge in [-0.3, -0.25) is 0 Å². The molecule has 6 aromatic rings. The Morgan fingerprint density at radius 2 is 1.11 bits per heavy atom. The van der Waals surface area contributed by atoms with Crippen molar-refractivity contribution in [2.45, 2.75) is 53.4 Å². The molecular formula is C42H40N2. The lowest BCUT2D eigenvalue weighted by atomic mass is 9.70. The van der Waals surface area contributed by atoms with E-state index in [1.807, 2.05) is 0 Å². The number of benzene rings is 4. The molecule has 0 fully saturated rings. The van der Waals surface area contributed by atoms with Crippen LogP contribution in [0.15, 0.2) is 116 Å². The molecule has 0 saturated carbocycles. The maximum Gasteiger partial charge on any atom is 0.0536 e. The first kappa shape index (κ1) is 27.0. The monoisotopic (exact) mass is 572 g/mol. The third-order valence-electron chi connectivity index (χ3n) is 9.91. The van der Waals surface area contributed by atoms with Crippen LogP contribution in [0.2, 0.25) is 0 Å². The van der Waals surface area contributed by atoms with Crippen LogP contribution in [-0.2, 0) is 0 Å². The Bertz CT molecular complexity index is 1900. The molecular weight excluding hydrogens is 532 g/mol. The highest BCUT2D eigenvalue weighted by Crippen LogP contribution is 2.53. The molecule has 1 aliphatic carbocycles. The highest BCUT2D eigenvalue weighted by atomic mass is 15.0. The normalized spacial score (nSPS) is 16.9. The molecule has 0 saturated heterocycles. The quantitative estimate of drug-likeness (QED) is 0.202. The predicted octanol–water partition coefficient (Wildman–Crippen LogP) is 11.5. The van der Waals surface area contributed by atoms with Crippen LogP contribution in [0.25, 0.3) is 50.5 Å². The van der Waals surface area contributed by atoms with Crippen LogP contribution >= 0.6 is 0 Å². The van der Waals surface area contributed by atoms with Gasteiger partial charge < -0.3 is 9.55 Å². The summed E-state index contributed by atoms with van der Waals surface area (Å²) < 4.78 is 2.41. The molecule has 8 rings (SSSR count). The van der Waals surface area contributed by atoms with Gasteiger partial charge in [-0.05, 0) is 80.1 Å². The zero-order valence-electron chi connectivity index (χ0n) is 26.6. The van der Waals surface area contributed by atoms with Gasteiger partial charge in [-0.2, -0.15) is 0 Å². The maximum atomic E-state index is 3.61. The molecule has 0 spiro atoms. The molecule has 1 aliphatic heterocycles. The van der Waals surface area contributed by atoms with E-state index in [1.54, 1.807) is 0 Å². The average molecular weight is 573 g/mol. The highest BCUT2D eigenvalue weighted by molar-refractivity contribution is 5.90. The van der Waals surface area contributed by atoms with Gasteiger partial charge in [0.1, 0.15) is 0 Å². The molecule has 2 unspecified atom stereocenters. The minimum atomic E-state index is 0.0573. The van der Waals surface area contributed by atoms with E-state index in [4.69, 9.17) is 0 Å². The van der Waals surface area contributed by atoms with Gasteiger partial charge in [-0.1, -0.05) is 114 Å².